The van der Waals surface area contributed by atoms with Crippen LogP contribution in [0.25, 0.3) is 28.3 Å². The standard InChI is InChI=1S/C23H19N7O2/c1-14-5-3-8-18(26-14)21-20(16-9-10-19-24-13-25-30(19)12-16)27-23(28-21)29(2)17-7-4-6-15(11-17)22(31)32/h3-13H,1-2H3,(H,27,28)(H,31,32). The van der Waals surface area contributed by atoms with E-state index < -0.39 is 5.97 Å². The molecule has 0 amide bonds. The predicted molar refractivity (Wildman–Crippen MR) is 120 cm³/mol. The third-order valence-electron chi connectivity index (χ3n) is 5.18. The first-order valence-corrected chi connectivity index (χ1v) is 9.90. The lowest BCUT2D eigenvalue weighted by atomic mass is 10.1. The van der Waals surface area contributed by atoms with Crippen molar-refractivity contribution in [3.8, 4) is 22.6 Å². The summed E-state index contributed by atoms with van der Waals surface area (Å²) >= 11 is 0. The second-order valence-corrected chi connectivity index (χ2v) is 7.34. The number of carbonyl (C=O) groups is 1. The quantitative estimate of drug-likeness (QED) is 0.438. The first-order chi connectivity index (χ1) is 15.5. The highest BCUT2D eigenvalue weighted by molar-refractivity contribution is 5.89. The number of fused-ring (bicyclic) bond motifs is 1. The molecule has 5 rings (SSSR count). The summed E-state index contributed by atoms with van der Waals surface area (Å²) < 4.78 is 1.69. The molecular formula is C23H19N7O2. The zero-order valence-electron chi connectivity index (χ0n) is 17.4. The molecule has 0 atom stereocenters. The zero-order chi connectivity index (χ0) is 22.2. The highest BCUT2D eigenvalue weighted by Gasteiger charge is 2.19. The van der Waals surface area contributed by atoms with E-state index in [0.29, 0.717) is 17.3 Å². The fourth-order valence-corrected chi connectivity index (χ4v) is 3.52. The molecule has 4 heterocycles. The van der Waals surface area contributed by atoms with Gasteiger partial charge in [-0.3, -0.25) is 4.98 Å². The summed E-state index contributed by atoms with van der Waals surface area (Å²) in [5.41, 5.74) is 5.59. The van der Waals surface area contributed by atoms with Crippen LogP contribution < -0.4 is 4.90 Å². The zero-order valence-corrected chi connectivity index (χ0v) is 17.4. The Balaban J connectivity index is 1.65. The van der Waals surface area contributed by atoms with E-state index in [4.69, 9.17) is 4.98 Å². The lowest BCUT2D eigenvalue weighted by Crippen LogP contribution is -2.12. The molecule has 2 N–H and O–H groups in total. The normalized spacial score (nSPS) is 11.1. The summed E-state index contributed by atoms with van der Waals surface area (Å²) in [6.45, 7) is 1.94. The van der Waals surface area contributed by atoms with Gasteiger partial charge in [-0.05, 0) is 49.4 Å². The van der Waals surface area contributed by atoms with Gasteiger partial charge in [-0.2, -0.15) is 5.10 Å². The van der Waals surface area contributed by atoms with Crippen LogP contribution in [0.1, 0.15) is 16.1 Å². The summed E-state index contributed by atoms with van der Waals surface area (Å²) in [7, 11) is 1.83. The maximum absolute atomic E-state index is 11.4. The van der Waals surface area contributed by atoms with E-state index in [2.05, 4.69) is 20.1 Å². The van der Waals surface area contributed by atoms with Crippen molar-refractivity contribution < 1.29 is 9.90 Å². The third kappa shape index (κ3) is 3.45. The van der Waals surface area contributed by atoms with Crippen molar-refractivity contribution in [1.29, 1.82) is 0 Å². The Morgan fingerprint density at radius 1 is 1.09 bits per heavy atom. The van der Waals surface area contributed by atoms with E-state index in [1.165, 1.54) is 6.33 Å². The summed E-state index contributed by atoms with van der Waals surface area (Å²) in [6, 6.07) is 16.3. The van der Waals surface area contributed by atoms with Gasteiger partial charge in [0.25, 0.3) is 0 Å². The van der Waals surface area contributed by atoms with Gasteiger partial charge in [0.05, 0.1) is 17.0 Å². The summed E-state index contributed by atoms with van der Waals surface area (Å²) in [5.74, 6) is -0.425. The average Bonchev–Trinajstić information content (AvgIpc) is 3.45. The molecule has 9 nitrogen and oxygen atoms in total. The van der Waals surface area contributed by atoms with Gasteiger partial charge in [0, 0.05) is 30.2 Å². The first kappa shape index (κ1) is 19.4. The number of carboxylic acid groups (broad SMARTS) is 1. The van der Waals surface area contributed by atoms with Gasteiger partial charge in [0.1, 0.15) is 12.0 Å². The van der Waals surface area contributed by atoms with E-state index >= 15 is 0 Å². The molecule has 0 aliphatic carbocycles. The number of hydrogen-bond donors (Lipinski definition) is 2. The minimum Gasteiger partial charge on any atom is -0.478 e. The maximum atomic E-state index is 11.4. The van der Waals surface area contributed by atoms with Crippen LogP contribution in [0.3, 0.4) is 0 Å². The number of aromatic amines is 1. The van der Waals surface area contributed by atoms with Crippen LogP contribution in [0.2, 0.25) is 0 Å². The number of aromatic carboxylic acids is 1. The number of imidazole rings is 1. The van der Waals surface area contributed by atoms with Gasteiger partial charge < -0.3 is 15.0 Å². The molecular weight excluding hydrogens is 406 g/mol. The van der Waals surface area contributed by atoms with E-state index in [9.17, 15) is 9.90 Å². The molecule has 0 aliphatic rings. The minimum atomic E-state index is -0.980. The number of H-pyrrole nitrogens is 1. The minimum absolute atomic E-state index is 0.207. The van der Waals surface area contributed by atoms with Crippen molar-refractivity contribution in [3.63, 3.8) is 0 Å². The average molecular weight is 425 g/mol. The van der Waals surface area contributed by atoms with Crippen molar-refractivity contribution in [2.45, 2.75) is 6.92 Å². The van der Waals surface area contributed by atoms with Gasteiger partial charge in [-0.1, -0.05) is 12.1 Å². The molecule has 0 spiro atoms. The molecule has 0 saturated heterocycles. The summed E-state index contributed by atoms with van der Waals surface area (Å²) in [6.07, 6.45) is 3.37. The number of hydrogen-bond acceptors (Lipinski definition) is 6. The van der Waals surface area contributed by atoms with Crippen LogP contribution in [0, 0.1) is 6.92 Å². The third-order valence-corrected chi connectivity index (χ3v) is 5.18. The van der Waals surface area contributed by atoms with Crippen LogP contribution >= 0.6 is 0 Å². The molecule has 1 aromatic carbocycles. The molecule has 0 bridgehead atoms. The van der Waals surface area contributed by atoms with E-state index in [-0.39, 0.29) is 5.56 Å². The fourth-order valence-electron chi connectivity index (χ4n) is 3.52. The fraction of sp³-hybridized carbons (Fsp3) is 0.0870. The largest absolute Gasteiger partial charge is 0.478 e. The topological polar surface area (TPSA) is 112 Å². The van der Waals surface area contributed by atoms with Crippen molar-refractivity contribution in [2.75, 3.05) is 11.9 Å². The Morgan fingerprint density at radius 3 is 2.75 bits per heavy atom. The Morgan fingerprint density at radius 2 is 1.94 bits per heavy atom. The number of anilines is 2. The number of pyridine rings is 2. The monoisotopic (exact) mass is 425 g/mol. The Labute approximate surface area is 183 Å². The molecule has 32 heavy (non-hydrogen) atoms. The van der Waals surface area contributed by atoms with Gasteiger partial charge >= 0.3 is 5.97 Å². The molecule has 0 radical (unpaired) electrons. The predicted octanol–water partition coefficient (Wildman–Crippen LogP) is 3.96. The van der Waals surface area contributed by atoms with Crippen LogP contribution in [-0.2, 0) is 0 Å². The number of aryl methyl sites for hydroxylation is 1. The highest BCUT2D eigenvalue weighted by atomic mass is 16.4. The van der Waals surface area contributed by atoms with Crippen molar-refractivity contribution in [1.82, 2.24) is 29.5 Å². The maximum Gasteiger partial charge on any atom is 0.335 e. The second kappa shape index (κ2) is 7.62. The molecule has 5 aromatic rings. The van der Waals surface area contributed by atoms with E-state index in [1.807, 2.05) is 61.5 Å². The molecule has 0 fully saturated rings. The van der Waals surface area contributed by atoms with Gasteiger partial charge in [-0.25, -0.2) is 19.3 Å². The van der Waals surface area contributed by atoms with Crippen molar-refractivity contribution in [3.05, 3.63) is 78.4 Å². The van der Waals surface area contributed by atoms with Crippen LogP contribution in [0.5, 0.6) is 0 Å². The van der Waals surface area contributed by atoms with E-state index in [0.717, 1.165) is 28.3 Å². The summed E-state index contributed by atoms with van der Waals surface area (Å²) in [5, 5.41) is 13.6. The molecule has 0 aliphatic heterocycles. The number of rotatable bonds is 5. The number of benzene rings is 1. The van der Waals surface area contributed by atoms with Gasteiger partial charge in [0.15, 0.2) is 5.65 Å². The Hall–Kier alpha value is -4.53. The molecule has 4 aromatic heterocycles. The van der Waals surface area contributed by atoms with Gasteiger partial charge in [0.2, 0.25) is 5.95 Å². The van der Waals surface area contributed by atoms with Crippen LogP contribution in [0.15, 0.2) is 67.1 Å². The van der Waals surface area contributed by atoms with Crippen molar-refractivity contribution >= 4 is 23.3 Å². The smallest absolute Gasteiger partial charge is 0.335 e. The molecule has 0 unspecified atom stereocenters. The second-order valence-electron chi connectivity index (χ2n) is 7.34. The number of aromatic nitrogens is 6. The lowest BCUT2D eigenvalue weighted by Gasteiger charge is -2.16. The van der Waals surface area contributed by atoms with E-state index in [1.54, 1.807) is 22.7 Å². The Bertz CT molecular complexity index is 1450. The molecule has 158 valence electrons. The van der Waals surface area contributed by atoms with Crippen LogP contribution in [-0.4, -0.2) is 47.7 Å². The first-order valence-electron chi connectivity index (χ1n) is 9.90. The van der Waals surface area contributed by atoms with Gasteiger partial charge in [-0.15, -0.1) is 0 Å². The summed E-state index contributed by atoms with van der Waals surface area (Å²) in [4.78, 5) is 30.3. The number of nitrogens with zero attached hydrogens (tertiary/aromatic N) is 6. The van der Waals surface area contributed by atoms with Crippen LogP contribution in [0.4, 0.5) is 11.6 Å². The molecule has 0 saturated carbocycles. The SMILES string of the molecule is Cc1cccc(-c2[nH]c(N(C)c3cccc(C(=O)O)c3)nc2-c2ccc3ncnn3c2)n1. The number of nitrogens with one attached hydrogen (secondary N) is 1. The highest BCUT2D eigenvalue weighted by Crippen LogP contribution is 2.33. The Kier molecular flexibility index (Phi) is 4.63. The molecule has 9 heteroatoms. The van der Waals surface area contributed by atoms with Crippen molar-refractivity contribution in [2.24, 2.45) is 0 Å². The lowest BCUT2D eigenvalue weighted by molar-refractivity contribution is 0.0697. The number of carboxylic acids is 1.